The maximum absolute atomic E-state index is 6.10. The highest BCUT2D eigenvalue weighted by molar-refractivity contribution is 6.33. The summed E-state index contributed by atoms with van der Waals surface area (Å²) >= 11 is 6.10. The fraction of sp³-hybridized carbons (Fsp3) is 0.400. The number of hydrogen-bond donors (Lipinski definition) is 1. The maximum Gasteiger partial charge on any atom is 0.0639 e. The normalized spacial score (nSPS) is 15.1. The molecule has 5 heteroatoms. The molecule has 1 aliphatic rings. The van der Waals surface area contributed by atoms with Gasteiger partial charge in [-0.3, -0.25) is 0 Å². The first-order chi connectivity index (χ1) is 6.38. The third-order valence-electron chi connectivity index (χ3n) is 2.31. The zero-order chi connectivity index (χ0) is 9.10. The van der Waals surface area contributed by atoms with Crippen molar-refractivity contribution in [2.75, 3.05) is 31.1 Å². The number of halogens is 2. The highest BCUT2D eigenvalue weighted by atomic mass is 35.5. The van der Waals surface area contributed by atoms with Crippen LogP contribution in [0.4, 0.5) is 5.69 Å². The molecule has 0 atom stereocenters. The van der Waals surface area contributed by atoms with E-state index in [1.165, 1.54) is 0 Å². The van der Waals surface area contributed by atoms with E-state index in [0.29, 0.717) is 0 Å². The fourth-order valence-corrected chi connectivity index (χ4v) is 1.87. The van der Waals surface area contributed by atoms with Gasteiger partial charge in [-0.1, -0.05) is 23.7 Å². The fourth-order valence-electron chi connectivity index (χ4n) is 1.61. The molecule has 1 heterocycles. The number of rotatable bonds is 1. The van der Waals surface area contributed by atoms with Gasteiger partial charge in [-0.25, -0.2) is 0 Å². The second kappa shape index (κ2) is 6.90. The molecule has 1 aliphatic heterocycles. The van der Waals surface area contributed by atoms with Crippen LogP contribution in [0.25, 0.3) is 0 Å². The Hall–Kier alpha value is -0.480. The molecule has 0 spiro atoms. The Morgan fingerprint density at radius 3 is 2.33 bits per heavy atom. The van der Waals surface area contributed by atoms with Gasteiger partial charge >= 0.3 is 0 Å². The summed E-state index contributed by atoms with van der Waals surface area (Å²) in [4.78, 5) is 2.32. The molecule has 86 valence electrons. The van der Waals surface area contributed by atoms with Gasteiger partial charge in [0.25, 0.3) is 0 Å². The van der Waals surface area contributed by atoms with Crippen molar-refractivity contribution >= 4 is 29.7 Å². The molecule has 0 aliphatic carbocycles. The summed E-state index contributed by atoms with van der Waals surface area (Å²) < 4.78 is 0. The summed E-state index contributed by atoms with van der Waals surface area (Å²) in [6.07, 6.45) is 0. The van der Waals surface area contributed by atoms with Crippen molar-refractivity contribution in [3.63, 3.8) is 0 Å². The number of anilines is 1. The Kier molecular flexibility index (Phi) is 6.68. The van der Waals surface area contributed by atoms with Gasteiger partial charge in [-0.15, -0.1) is 12.4 Å². The van der Waals surface area contributed by atoms with E-state index in [2.05, 4.69) is 16.3 Å². The SMILES string of the molecule is Cl.Clc1ccccc1N1CCNCC1.O. The van der Waals surface area contributed by atoms with Crippen molar-refractivity contribution < 1.29 is 5.48 Å². The molecule has 0 amide bonds. The first kappa shape index (κ1) is 14.5. The topological polar surface area (TPSA) is 46.8 Å². The van der Waals surface area contributed by atoms with Crippen molar-refractivity contribution in [2.24, 2.45) is 0 Å². The van der Waals surface area contributed by atoms with Crippen LogP contribution in [0, 0.1) is 0 Å². The van der Waals surface area contributed by atoms with E-state index in [-0.39, 0.29) is 17.9 Å². The summed E-state index contributed by atoms with van der Waals surface area (Å²) in [5.41, 5.74) is 1.16. The average molecular weight is 251 g/mol. The molecule has 0 radical (unpaired) electrons. The molecule has 3 N–H and O–H groups in total. The van der Waals surface area contributed by atoms with Gasteiger partial charge in [0.15, 0.2) is 0 Å². The zero-order valence-corrected chi connectivity index (χ0v) is 9.94. The second-order valence-corrected chi connectivity index (χ2v) is 3.60. The van der Waals surface area contributed by atoms with Gasteiger partial charge in [-0.05, 0) is 12.1 Å². The van der Waals surface area contributed by atoms with E-state index in [4.69, 9.17) is 11.6 Å². The molecular weight excluding hydrogens is 235 g/mol. The molecule has 0 aromatic heterocycles. The standard InChI is InChI=1S/C10H13ClN2.ClH.H2O/c11-9-3-1-2-4-10(9)13-7-5-12-6-8-13;;/h1-4,12H,5-8H2;1H;1H2. The molecule has 1 fully saturated rings. The summed E-state index contributed by atoms with van der Waals surface area (Å²) in [5.74, 6) is 0. The largest absolute Gasteiger partial charge is 0.412 e. The van der Waals surface area contributed by atoms with Crippen LogP contribution in [-0.2, 0) is 0 Å². The Balaban J connectivity index is 0.000000980. The van der Waals surface area contributed by atoms with E-state index in [9.17, 15) is 0 Å². The molecule has 0 saturated carbocycles. The Bertz CT molecular complexity index is 291. The summed E-state index contributed by atoms with van der Waals surface area (Å²) in [6, 6.07) is 8.02. The van der Waals surface area contributed by atoms with Gasteiger partial charge in [0.1, 0.15) is 0 Å². The third-order valence-corrected chi connectivity index (χ3v) is 2.63. The van der Waals surface area contributed by atoms with Gasteiger partial charge in [0, 0.05) is 26.2 Å². The van der Waals surface area contributed by atoms with Gasteiger partial charge in [0.2, 0.25) is 0 Å². The molecule has 0 unspecified atom stereocenters. The predicted molar refractivity (Wildman–Crippen MR) is 67.4 cm³/mol. The quantitative estimate of drug-likeness (QED) is 0.818. The van der Waals surface area contributed by atoms with Crippen LogP contribution in [0.1, 0.15) is 0 Å². The number of piperazine rings is 1. The van der Waals surface area contributed by atoms with Crippen molar-refractivity contribution in [2.45, 2.75) is 0 Å². The monoisotopic (exact) mass is 250 g/mol. The first-order valence-corrected chi connectivity index (χ1v) is 4.96. The summed E-state index contributed by atoms with van der Waals surface area (Å²) in [7, 11) is 0. The van der Waals surface area contributed by atoms with Crippen molar-refractivity contribution in [1.29, 1.82) is 0 Å². The zero-order valence-electron chi connectivity index (χ0n) is 8.37. The van der Waals surface area contributed by atoms with E-state index in [0.717, 1.165) is 36.9 Å². The van der Waals surface area contributed by atoms with E-state index >= 15 is 0 Å². The maximum atomic E-state index is 6.10. The Morgan fingerprint density at radius 2 is 1.73 bits per heavy atom. The number of nitrogens with one attached hydrogen (secondary N) is 1. The number of para-hydroxylation sites is 1. The molecule has 2 rings (SSSR count). The van der Waals surface area contributed by atoms with Gasteiger partial charge < -0.3 is 15.7 Å². The minimum absolute atomic E-state index is 0. The number of benzene rings is 1. The lowest BCUT2D eigenvalue weighted by atomic mass is 10.2. The van der Waals surface area contributed by atoms with Crippen LogP contribution in [0.5, 0.6) is 0 Å². The van der Waals surface area contributed by atoms with Crippen LogP contribution in [-0.4, -0.2) is 31.7 Å². The van der Waals surface area contributed by atoms with Crippen LogP contribution in [0.15, 0.2) is 24.3 Å². The number of hydrogen-bond acceptors (Lipinski definition) is 2. The molecule has 3 nitrogen and oxygen atoms in total. The molecule has 15 heavy (non-hydrogen) atoms. The lowest BCUT2D eigenvalue weighted by Crippen LogP contribution is -2.43. The summed E-state index contributed by atoms with van der Waals surface area (Å²) in [5, 5.41) is 4.17. The minimum atomic E-state index is 0. The van der Waals surface area contributed by atoms with Crippen LogP contribution < -0.4 is 10.2 Å². The van der Waals surface area contributed by atoms with Crippen molar-refractivity contribution in [3.8, 4) is 0 Å². The number of nitrogens with zero attached hydrogens (tertiary/aromatic N) is 1. The Morgan fingerprint density at radius 1 is 1.13 bits per heavy atom. The van der Waals surface area contributed by atoms with E-state index in [1.54, 1.807) is 0 Å². The summed E-state index contributed by atoms with van der Waals surface area (Å²) in [6.45, 7) is 4.18. The first-order valence-electron chi connectivity index (χ1n) is 4.58. The molecule has 1 aromatic rings. The van der Waals surface area contributed by atoms with Gasteiger partial charge in [-0.2, -0.15) is 0 Å². The molecular formula is C10H16Cl2N2O. The lowest BCUT2D eigenvalue weighted by Gasteiger charge is -2.30. The average Bonchev–Trinajstić information content (AvgIpc) is 2.20. The lowest BCUT2D eigenvalue weighted by molar-refractivity contribution is 0.589. The van der Waals surface area contributed by atoms with E-state index < -0.39 is 0 Å². The highest BCUT2D eigenvalue weighted by Gasteiger charge is 2.11. The van der Waals surface area contributed by atoms with E-state index in [1.807, 2.05) is 18.2 Å². The highest BCUT2D eigenvalue weighted by Crippen LogP contribution is 2.24. The smallest absolute Gasteiger partial charge is 0.0639 e. The second-order valence-electron chi connectivity index (χ2n) is 3.19. The van der Waals surface area contributed by atoms with Crippen LogP contribution in [0.2, 0.25) is 5.02 Å². The third kappa shape index (κ3) is 3.54. The van der Waals surface area contributed by atoms with Crippen LogP contribution >= 0.6 is 24.0 Å². The van der Waals surface area contributed by atoms with Gasteiger partial charge in [0.05, 0.1) is 10.7 Å². The predicted octanol–water partition coefficient (Wildman–Crippen LogP) is 1.35. The van der Waals surface area contributed by atoms with Crippen molar-refractivity contribution in [1.82, 2.24) is 5.32 Å². The van der Waals surface area contributed by atoms with Crippen LogP contribution in [0.3, 0.4) is 0 Å². The van der Waals surface area contributed by atoms with Crippen molar-refractivity contribution in [3.05, 3.63) is 29.3 Å². The Labute approximate surface area is 101 Å². The molecule has 0 bridgehead atoms. The molecule has 1 saturated heterocycles. The minimum Gasteiger partial charge on any atom is -0.412 e. The molecule has 1 aromatic carbocycles.